The number of carboxylic acid groups (broad SMARTS) is 3. The van der Waals surface area contributed by atoms with E-state index in [0.29, 0.717) is 13.2 Å². The number of aromatic hydroxyl groups is 1. The lowest BCUT2D eigenvalue weighted by Gasteiger charge is -2.40. The van der Waals surface area contributed by atoms with Crippen molar-refractivity contribution in [1.82, 2.24) is 9.80 Å². The third-order valence-corrected chi connectivity index (χ3v) is 7.85. The molecule has 1 fully saturated rings. The van der Waals surface area contributed by atoms with Crippen molar-refractivity contribution in [3.05, 3.63) is 64.7 Å². The average Bonchev–Trinajstić information content (AvgIpc) is 3.30. The van der Waals surface area contributed by atoms with Crippen molar-refractivity contribution in [3.63, 3.8) is 0 Å². The fourth-order valence-corrected chi connectivity index (χ4v) is 5.53. The zero-order valence-corrected chi connectivity index (χ0v) is 24.3. The fraction of sp³-hybridized carbons (Fsp3) is 0.467. The second-order valence-electron chi connectivity index (χ2n) is 11.2. The second kappa shape index (κ2) is 14.1. The number of piperidine rings is 1. The molecular formula is C30H36F2N2O10. The Bertz CT molecular complexity index is 1380. The summed E-state index contributed by atoms with van der Waals surface area (Å²) in [6.45, 7) is 2.48. The van der Waals surface area contributed by atoms with Gasteiger partial charge >= 0.3 is 17.9 Å². The minimum absolute atomic E-state index is 0.107. The number of phenolic OH excluding ortho intramolecular Hbond substituents is 1. The number of halogens is 2. The smallest absolute Gasteiger partial charge is 0.336 e. The van der Waals surface area contributed by atoms with E-state index in [1.165, 1.54) is 16.0 Å². The van der Waals surface area contributed by atoms with E-state index >= 15 is 0 Å². The number of hydrogen-bond acceptors (Lipinski definition) is 8. The predicted molar refractivity (Wildman–Crippen MR) is 150 cm³/mol. The van der Waals surface area contributed by atoms with Gasteiger partial charge in [-0.15, -0.1) is 0 Å². The van der Waals surface area contributed by atoms with Gasteiger partial charge in [0.2, 0.25) is 5.91 Å². The van der Waals surface area contributed by atoms with Crippen LogP contribution in [0.25, 0.3) is 0 Å². The Hall–Kier alpha value is -4.14. The van der Waals surface area contributed by atoms with Crippen molar-refractivity contribution in [1.29, 1.82) is 0 Å². The lowest BCUT2D eigenvalue weighted by molar-refractivity contribution is -0.170. The van der Waals surface area contributed by atoms with Crippen molar-refractivity contribution >= 4 is 23.8 Å². The van der Waals surface area contributed by atoms with Gasteiger partial charge in [0.05, 0.1) is 31.0 Å². The minimum Gasteiger partial charge on any atom is -0.505 e. The zero-order valence-electron chi connectivity index (χ0n) is 24.3. The van der Waals surface area contributed by atoms with Crippen molar-refractivity contribution < 1.29 is 58.2 Å². The van der Waals surface area contributed by atoms with E-state index in [9.17, 15) is 33.1 Å². The monoisotopic (exact) mass is 622 g/mol. The zero-order chi connectivity index (χ0) is 32.8. The maximum Gasteiger partial charge on any atom is 0.336 e. The van der Waals surface area contributed by atoms with Crippen LogP contribution in [-0.2, 0) is 42.5 Å². The standard InChI is InChI=1S/C24H28F2N2O3.C6H8O7/c1-27(2)23(30)17(13-18-20(25)7-8-21(29)22(18)26)14-28-11-9-24(10-12-28)19-6-4-3-5-16(19)15-31-24;7-3(8)1-6(13,5(11)12)2-4(9)10/h3-8,17,29H,9-15H2,1-2H3;13H,1-2H2,(H,7,8)(H,9,10)(H,11,12). The number of phenols is 1. The van der Waals surface area contributed by atoms with Crippen LogP contribution < -0.4 is 0 Å². The summed E-state index contributed by atoms with van der Waals surface area (Å²) in [6.07, 6.45) is -0.781. The van der Waals surface area contributed by atoms with Gasteiger partial charge in [0, 0.05) is 39.3 Å². The molecule has 0 aromatic heterocycles. The molecule has 1 saturated heterocycles. The van der Waals surface area contributed by atoms with Crippen LogP contribution in [0.2, 0.25) is 0 Å². The first-order chi connectivity index (χ1) is 20.6. The Balaban J connectivity index is 0.000000345. The van der Waals surface area contributed by atoms with E-state index < -0.39 is 59.7 Å². The number of fused-ring (bicyclic) bond motifs is 2. The quantitative estimate of drug-likeness (QED) is 0.262. The summed E-state index contributed by atoms with van der Waals surface area (Å²) in [4.78, 5) is 46.9. The Labute approximate surface area is 252 Å². The maximum atomic E-state index is 14.4. The molecule has 1 amide bonds. The molecule has 240 valence electrons. The average molecular weight is 623 g/mol. The molecule has 2 aliphatic rings. The molecule has 4 rings (SSSR count). The number of carbonyl (C=O) groups excluding carboxylic acids is 1. The lowest BCUT2D eigenvalue weighted by atomic mass is 9.83. The Morgan fingerprint density at radius 1 is 1.00 bits per heavy atom. The van der Waals surface area contributed by atoms with E-state index in [-0.39, 0.29) is 23.5 Å². The summed E-state index contributed by atoms with van der Waals surface area (Å²) in [7, 11) is 3.28. The Morgan fingerprint density at radius 3 is 2.14 bits per heavy atom. The molecule has 1 spiro atoms. The van der Waals surface area contributed by atoms with E-state index in [1.54, 1.807) is 14.1 Å². The lowest BCUT2D eigenvalue weighted by Crippen LogP contribution is -2.46. The van der Waals surface area contributed by atoms with Crippen LogP contribution in [0.3, 0.4) is 0 Å². The molecule has 2 aromatic carbocycles. The Morgan fingerprint density at radius 2 is 1.59 bits per heavy atom. The first-order valence-corrected chi connectivity index (χ1v) is 13.8. The predicted octanol–water partition coefficient (Wildman–Crippen LogP) is 2.19. The third kappa shape index (κ3) is 8.07. The number of nitrogens with zero attached hydrogens (tertiary/aromatic N) is 2. The van der Waals surface area contributed by atoms with Crippen molar-refractivity contribution in [2.45, 2.75) is 49.9 Å². The summed E-state index contributed by atoms with van der Waals surface area (Å²) in [6, 6.07) is 10.3. The second-order valence-corrected chi connectivity index (χ2v) is 11.2. The molecule has 2 aliphatic heterocycles. The van der Waals surface area contributed by atoms with Gasteiger partial charge in [-0.25, -0.2) is 13.6 Å². The highest BCUT2D eigenvalue weighted by atomic mass is 19.1. The van der Waals surface area contributed by atoms with Crippen molar-refractivity contribution in [2.24, 2.45) is 5.92 Å². The molecule has 0 aliphatic carbocycles. The molecule has 44 heavy (non-hydrogen) atoms. The first-order valence-electron chi connectivity index (χ1n) is 13.8. The first kappa shape index (κ1) is 34.4. The van der Waals surface area contributed by atoms with Crippen LogP contribution in [0.5, 0.6) is 5.75 Å². The van der Waals surface area contributed by atoms with Crippen LogP contribution in [0.4, 0.5) is 8.78 Å². The highest BCUT2D eigenvalue weighted by Gasteiger charge is 2.43. The van der Waals surface area contributed by atoms with Gasteiger partial charge in [-0.3, -0.25) is 14.4 Å². The summed E-state index contributed by atoms with van der Waals surface area (Å²) in [5, 5.41) is 43.5. The molecule has 0 radical (unpaired) electrons. The van der Waals surface area contributed by atoms with Gasteiger partial charge < -0.3 is 40.1 Å². The van der Waals surface area contributed by atoms with Crippen molar-refractivity contribution in [2.75, 3.05) is 33.7 Å². The molecule has 0 saturated carbocycles. The van der Waals surface area contributed by atoms with Gasteiger partial charge in [0.1, 0.15) is 5.82 Å². The highest BCUT2D eigenvalue weighted by Crippen LogP contribution is 2.44. The summed E-state index contributed by atoms with van der Waals surface area (Å²) in [5.41, 5.74) is -0.789. The van der Waals surface area contributed by atoms with Gasteiger partial charge in [-0.2, -0.15) is 0 Å². The largest absolute Gasteiger partial charge is 0.505 e. The van der Waals surface area contributed by atoms with Gasteiger partial charge in [-0.1, -0.05) is 24.3 Å². The number of aliphatic hydroxyl groups is 1. The number of hydrogen-bond donors (Lipinski definition) is 5. The van der Waals surface area contributed by atoms with Crippen LogP contribution >= 0.6 is 0 Å². The molecule has 1 atom stereocenters. The molecule has 5 N–H and O–H groups in total. The number of rotatable bonds is 10. The Kier molecular flexibility index (Phi) is 11.0. The SMILES string of the molecule is CN(C)C(=O)C(Cc1c(F)ccc(O)c1F)CN1CCC2(CC1)OCc1ccccc12.O=C(O)CC(O)(CC(=O)O)C(=O)O. The number of benzene rings is 2. The molecule has 1 unspecified atom stereocenters. The van der Waals surface area contributed by atoms with Gasteiger partial charge in [0.15, 0.2) is 17.2 Å². The highest BCUT2D eigenvalue weighted by molar-refractivity contribution is 5.88. The van der Waals surface area contributed by atoms with E-state index in [4.69, 9.17) is 25.2 Å². The number of carbonyl (C=O) groups is 4. The number of carboxylic acids is 3. The fourth-order valence-electron chi connectivity index (χ4n) is 5.53. The van der Waals surface area contributed by atoms with Crippen LogP contribution in [0.1, 0.15) is 42.4 Å². The van der Waals surface area contributed by atoms with Gasteiger partial charge in [0.25, 0.3) is 0 Å². The van der Waals surface area contributed by atoms with Crippen LogP contribution in [-0.4, -0.2) is 98.5 Å². The summed E-state index contributed by atoms with van der Waals surface area (Å²) in [5.74, 6) is -8.18. The molecule has 2 heterocycles. The normalized spacial score (nSPS) is 16.4. The number of amides is 1. The number of likely N-dealkylation sites (tertiary alicyclic amines) is 1. The van der Waals surface area contributed by atoms with Crippen molar-refractivity contribution in [3.8, 4) is 5.75 Å². The molecule has 0 bridgehead atoms. The van der Waals surface area contributed by atoms with E-state index in [2.05, 4.69) is 17.0 Å². The summed E-state index contributed by atoms with van der Waals surface area (Å²) >= 11 is 0. The molecular weight excluding hydrogens is 586 g/mol. The number of aliphatic carboxylic acids is 3. The maximum absolute atomic E-state index is 14.4. The molecule has 2 aromatic rings. The molecule has 14 heteroatoms. The van der Waals surface area contributed by atoms with Gasteiger partial charge in [-0.05, 0) is 42.5 Å². The van der Waals surface area contributed by atoms with E-state index in [0.717, 1.165) is 38.1 Å². The minimum atomic E-state index is -2.74. The third-order valence-electron chi connectivity index (χ3n) is 7.85. The van der Waals surface area contributed by atoms with Crippen LogP contribution in [0, 0.1) is 17.6 Å². The van der Waals surface area contributed by atoms with E-state index in [1.807, 2.05) is 12.1 Å². The topological polar surface area (TPSA) is 185 Å². The molecule has 12 nitrogen and oxygen atoms in total. The summed E-state index contributed by atoms with van der Waals surface area (Å²) < 4.78 is 34.8. The van der Waals surface area contributed by atoms with Crippen LogP contribution in [0.15, 0.2) is 36.4 Å². The number of ether oxygens (including phenoxy) is 1.